The van der Waals surface area contributed by atoms with E-state index >= 15 is 0 Å². The lowest BCUT2D eigenvalue weighted by Gasteiger charge is -2.17. The molecule has 0 saturated carbocycles. The van der Waals surface area contributed by atoms with E-state index in [0.29, 0.717) is 6.54 Å². The van der Waals surface area contributed by atoms with E-state index in [2.05, 4.69) is 24.1 Å². The molecule has 0 aliphatic heterocycles. The SMILES string of the molecule is CCN(CC)CCNC(=O)CCC(=O)c1cc(C)ccc1C. The predicted molar refractivity (Wildman–Crippen MR) is 90.3 cm³/mol. The molecule has 0 aliphatic carbocycles. The summed E-state index contributed by atoms with van der Waals surface area (Å²) in [7, 11) is 0. The molecule has 1 rings (SSSR count). The molecule has 1 aromatic rings. The third-order valence-electron chi connectivity index (χ3n) is 3.92. The van der Waals surface area contributed by atoms with Gasteiger partial charge in [0.15, 0.2) is 5.78 Å². The Balaban J connectivity index is 2.37. The molecule has 0 radical (unpaired) electrons. The molecule has 1 aromatic carbocycles. The highest BCUT2D eigenvalue weighted by Gasteiger charge is 2.11. The first-order valence-corrected chi connectivity index (χ1v) is 8.07. The second-order valence-electron chi connectivity index (χ2n) is 5.62. The van der Waals surface area contributed by atoms with Crippen molar-refractivity contribution in [1.29, 1.82) is 0 Å². The molecule has 4 nitrogen and oxygen atoms in total. The van der Waals surface area contributed by atoms with Gasteiger partial charge in [-0.1, -0.05) is 31.5 Å². The highest BCUT2D eigenvalue weighted by atomic mass is 16.2. The summed E-state index contributed by atoms with van der Waals surface area (Å²) in [5.41, 5.74) is 2.77. The van der Waals surface area contributed by atoms with Crippen LogP contribution in [0.2, 0.25) is 0 Å². The van der Waals surface area contributed by atoms with Gasteiger partial charge in [-0.2, -0.15) is 0 Å². The van der Waals surface area contributed by atoms with Crippen LogP contribution < -0.4 is 5.32 Å². The lowest BCUT2D eigenvalue weighted by molar-refractivity contribution is -0.121. The zero-order chi connectivity index (χ0) is 16.5. The third kappa shape index (κ3) is 5.98. The molecule has 0 unspecified atom stereocenters. The van der Waals surface area contributed by atoms with E-state index in [4.69, 9.17) is 0 Å². The van der Waals surface area contributed by atoms with Gasteiger partial charge >= 0.3 is 0 Å². The largest absolute Gasteiger partial charge is 0.355 e. The molecule has 0 saturated heterocycles. The van der Waals surface area contributed by atoms with E-state index in [1.807, 2.05) is 32.0 Å². The van der Waals surface area contributed by atoms with Crippen molar-refractivity contribution in [1.82, 2.24) is 10.2 Å². The van der Waals surface area contributed by atoms with Crippen LogP contribution >= 0.6 is 0 Å². The Morgan fingerprint density at radius 1 is 1.09 bits per heavy atom. The first kappa shape index (κ1) is 18.4. The number of carbonyl (C=O) groups excluding carboxylic acids is 2. The summed E-state index contributed by atoms with van der Waals surface area (Å²) in [6, 6.07) is 5.84. The smallest absolute Gasteiger partial charge is 0.220 e. The van der Waals surface area contributed by atoms with E-state index in [1.165, 1.54) is 0 Å². The van der Waals surface area contributed by atoms with Crippen LogP contribution in [0, 0.1) is 13.8 Å². The van der Waals surface area contributed by atoms with E-state index in [0.717, 1.165) is 36.3 Å². The third-order valence-corrected chi connectivity index (χ3v) is 3.92. The topological polar surface area (TPSA) is 49.4 Å². The number of amides is 1. The summed E-state index contributed by atoms with van der Waals surface area (Å²) in [6.45, 7) is 11.6. The molecule has 1 amide bonds. The number of Topliss-reactive ketones (excluding diaryl/α,β-unsaturated/α-hetero) is 1. The number of ketones is 1. The van der Waals surface area contributed by atoms with Crippen molar-refractivity contribution >= 4 is 11.7 Å². The number of aryl methyl sites for hydroxylation is 2. The monoisotopic (exact) mass is 304 g/mol. The van der Waals surface area contributed by atoms with E-state index in [1.54, 1.807) is 0 Å². The minimum Gasteiger partial charge on any atom is -0.355 e. The summed E-state index contributed by atoms with van der Waals surface area (Å²) in [5, 5.41) is 2.88. The molecule has 0 aliphatic rings. The normalized spacial score (nSPS) is 10.8. The van der Waals surface area contributed by atoms with E-state index in [9.17, 15) is 9.59 Å². The zero-order valence-corrected chi connectivity index (χ0v) is 14.2. The first-order chi connectivity index (χ1) is 10.5. The molecular weight excluding hydrogens is 276 g/mol. The van der Waals surface area contributed by atoms with Crippen LogP contribution in [-0.2, 0) is 4.79 Å². The molecule has 0 bridgehead atoms. The maximum absolute atomic E-state index is 12.2. The Hall–Kier alpha value is -1.68. The van der Waals surface area contributed by atoms with Crippen molar-refractivity contribution in [2.24, 2.45) is 0 Å². The lowest BCUT2D eigenvalue weighted by Crippen LogP contribution is -2.34. The summed E-state index contributed by atoms with van der Waals surface area (Å²) < 4.78 is 0. The fraction of sp³-hybridized carbons (Fsp3) is 0.556. The molecule has 122 valence electrons. The summed E-state index contributed by atoms with van der Waals surface area (Å²) in [5.74, 6) is -0.00842. The molecule has 4 heteroatoms. The molecule has 22 heavy (non-hydrogen) atoms. The number of benzene rings is 1. The summed E-state index contributed by atoms with van der Waals surface area (Å²) >= 11 is 0. The van der Waals surface area contributed by atoms with Gasteiger partial charge in [-0.05, 0) is 38.6 Å². The second kappa shape index (κ2) is 9.36. The second-order valence-corrected chi connectivity index (χ2v) is 5.62. The molecule has 0 aromatic heterocycles. The summed E-state index contributed by atoms with van der Waals surface area (Å²) in [4.78, 5) is 26.3. The van der Waals surface area contributed by atoms with Gasteiger partial charge in [0.25, 0.3) is 0 Å². The number of nitrogens with zero attached hydrogens (tertiary/aromatic N) is 1. The van der Waals surface area contributed by atoms with Crippen molar-refractivity contribution < 1.29 is 9.59 Å². The van der Waals surface area contributed by atoms with Gasteiger partial charge in [0.2, 0.25) is 5.91 Å². The number of hydrogen-bond acceptors (Lipinski definition) is 3. The number of carbonyl (C=O) groups is 2. The molecule has 0 fully saturated rings. The van der Waals surface area contributed by atoms with Crippen molar-refractivity contribution in [2.45, 2.75) is 40.5 Å². The minimum atomic E-state index is -0.0502. The van der Waals surface area contributed by atoms with E-state index < -0.39 is 0 Å². The maximum atomic E-state index is 12.2. The lowest BCUT2D eigenvalue weighted by atomic mass is 9.99. The van der Waals surface area contributed by atoms with Crippen LogP contribution in [0.3, 0.4) is 0 Å². The van der Waals surface area contributed by atoms with Crippen molar-refractivity contribution in [2.75, 3.05) is 26.2 Å². The molecule has 0 atom stereocenters. The van der Waals surface area contributed by atoms with Crippen molar-refractivity contribution in [3.63, 3.8) is 0 Å². The average molecular weight is 304 g/mol. The Bertz CT molecular complexity index is 508. The van der Waals surface area contributed by atoms with Crippen LogP contribution in [0.15, 0.2) is 18.2 Å². The Morgan fingerprint density at radius 2 is 1.77 bits per heavy atom. The quantitative estimate of drug-likeness (QED) is 0.714. The van der Waals surface area contributed by atoms with Crippen LogP contribution in [0.1, 0.15) is 48.2 Å². The Kier molecular flexibility index (Phi) is 7.82. The fourth-order valence-electron chi connectivity index (χ4n) is 2.38. The molecule has 1 N–H and O–H groups in total. The predicted octanol–water partition coefficient (Wildman–Crippen LogP) is 2.72. The first-order valence-electron chi connectivity index (χ1n) is 8.07. The van der Waals surface area contributed by atoms with Crippen molar-refractivity contribution in [3.8, 4) is 0 Å². The van der Waals surface area contributed by atoms with Gasteiger partial charge in [-0.25, -0.2) is 0 Å². The van der Waals surface area contributed by atoms with Crippen LogP contribution in [0.5, 0.6) is 0 Å². The Labute approximate surface area is 133 Å². The maximum Gasteiger partial charge on any atom is 0.220 e. The summed E-state index contributed by atoms with van der Waals surface area (Å²) in [6.07, 6.45) is 0.520. The number of nitrogens with one attached hydrogen (secondary N) is 1. The molecule has 0 spiro atoms. The van der Waals surface area contributed by atoms with Gasteiger partial charge in [0, 0.05) is 31.5 Å². The van der Waals surface area contributed by atoms with Crippen LogP contribution in [0.4, 0.5) is 0 Å². The Morgan fingerprint density at radius 3 is 2.41 bits per heavy atom. The van der Waals surface area contributed by atoms with Gasteiger partial charge in [0.05, 0.1) is 0 Å². The highest BCUT2D eigenvalue weighted by Crippen LogP contribution is 2.13. The van der Waals surface area contributed by atoms with Gasteiger partial charge in [-0.15, -0.1) is 0 Å². The van der Waals surface area contributed by atoms with Gasteiger partial charge in [-0.3, -0.25) is 9.59 Å². The fourth-order valence-corrected chi connectivity index (χ4v) is 2.38. The van der Waals surface area contributed by atoms with Crippen molar-refractivity contribution in [3.05, 3.63) is 34.9 Å². The average Bonchev–Trinajstić information content (AvgIpc) is 2.51. The van der Waals surface area contributed by atoms with Gasteiger partial charge in [0.1, 0.15) is 0 Å². The van der Waals surface area contributed by atoms with Crippen LogP contribution in [0.25, 0.3) is 0 Å². The van der Waals surface area contributed by atoms with Crippen LogP contribution in [-0.4, -0.2) is 42.8 Å². The van der Waals surface area contributed by atoms with E-state index in [-0.39, 0.29) is 24.5 Å². The zero-order valence-electron chi connectivity index (χ0n) is 14.2. The molecule has 0 heterocycles. The minimum absolute atomic E-state index is 0.0418. The highest BCUT2D eigenvalue weighted by molar-refractivity contribution is 5.99. The number of likely N-dealkylation sites (N-methyl/N-ethyl adjacent to an activating group) is 1. The molecular formula is C18H28N2O2. The number of hydrogen-bond donors (Lipinski definition) is 1. The van der Waals surface area contributed by atoms with Gasteiger partial charge < -0.3 is 10.2 Å². The number of rotatable bonds is 9. The standard InChI is InChI=1S/C18H28N2O2/c1-5-20(6-2)12-11-19-18(22)10-9-17(21)16-13-14(3)7-8-15(16)4/h7-8,13H,5-6,9-12H2,1-4H3,(H,19,22).